The van der Waals surface area contributed by atoms with Crippen LogP contribution >= 0.6 is 24.0 Å². The van der Waals surface area contributed by atoms with Gasteiger partial charge in [-0.1, -0.05) is 0 Å². The second-order valence-corrected chi connectivity index (χ2v) is 4.43. The van der Waals surface area contributed by atoms with E-state index in [0.717, 1.165) is 18.1 Å². The molecule has 1 aromatic rings. The number of nitrogens with one attached hydrogen (secondary N) is 2. The van der Waals surface area contributed by atoms with Gasteiger partial charge >= 0.3 is 0 Å². The van der Waals surface area contributed by atoms with Gasteiger partial charge in [-0.05, 0) is 37.5 Å². The molecule has 1 aliphatic carbocycles. The average Bonchev–Trinajstić information content (AvgIpc) is 3.21. The monoisotopic (exact) mass is 376 g/mol. The molecule has 1 fully saturated rings. The van der Waals surface area contributed by atoms with Crippen LogP contribution in [-0.4, -0.2) is 35.2 Å². The first-order chi connectivity index (χ1) is 8.79. The summed E-state index contributed by atoms with van der Waals surface area (Å²) >= 11 is 0. The van der Waals surface area contributed by atoms with E-state index < -0.39 is 6.10 Å². The Bertz CT molecular complexity index is 395. The predicted molar refractivity (Wildman–Crippen MR) is 86.7 cm³/mol. The first kappa shape index (κ1) is 16.2. The molecule has 0 radical (unpaired) electrons. The molecule has 1 atom stereocenters. The highest BCUT2D eigenvalue weighted by Crippen LogP contribution is 2.18. The summed E-state index contributed by atoms with van der Waals surface area (Å²) in [4.78, 5) is 8.32. The van der Waals surface area contributed by atoms with Gasteiger partial charge in [0, 0.05) is 25.0 Å². The fourth-order valence-corrected chi connectivity index (χ4v) is 1.61. The van der Waals surface area contributed by atoms with Crippen molar-refractivity contribution in [2.45, 2.75) is 31.9 Å². The number of rotatable bonds is 5. The van der Waals surface area contributed by atoms with E-state index in [1.54, 1.807) is 24.5 Å². The first-order valence-corrected chi connectivity index (χ1v) is 6.42. The van der Waals surface area contributed by atoms with Gasteiger partial charge in [0.25, 0.3) is 0 Å². The van der Waals surface area contributed by atoms with Crippen LogP contribution < -0.4 is 10.6 Å². The van der Waals surface area contributed by atoms with E-state index in [4.69, 9.17) is 0 Å². The lowest BCUT2D eigenvalue weighted by Gasteiger charge is -2.12. The Morgan fingerprint density at radius 2 is 2.16 bits per heavy atom. The van der Waals surface area contributed by atoms with Crippen molar-refractivity contribution in [3.05, 3.63) is 30.1 Å². The average molecular weight is 376 g/mol. The lowest BCUT2D eigenvalue weighted by molar-refractivity contribution is 0.187. The molecule has 0 aliphatic heterocycles. The number of aliphatic imine (C=N–C) groups is 1. The van der Waals surface area contributed by atoms with Crippen LogP contribution in [0.15, 0.2) is 29.5 Å². The Morgan fingerprint density at radius 1 is 1.47 bits per heavy atom. The highest BCUT2D eigenvalue weighted by atomic mass is 127. The zero-order valence-corrected chi connectivity index (χ0v) is 13.4. The van der Waals surface area contributed by atoms with Crippen LogP contribution in [0.3, 0.4) is 0 Å². The molecule has 0 spiro atoms. The summed E-state index contributed by atoms with van der Waals surface area (Å²) in [5.74, 6) is 0.785. The van der Waals surface area contributed by atoms with Crippen molar-refractivity contribution in [1.82, 2.24) is 15.6 Å². The Morgan fingerprint density at radius 3 is 2.74 bits per heavy atom. The second-order valence-electron chi connectivity index (χ2n) is 4.43. The largest absolute Gasteiger partial charge is 0.386 e. The molecule has 0 bridgehead atoms. The highest BCUT2D eigenvalue weighted by molar-refractivity contribution is 14.0. The Kier molecular flexibility index (Phi) is 7.07. The lowest BCUT2D eigenvalue weighted by atomic mass is 10.1. The number of halogens is 1. The van der Waals surface area contributed by atoms with E-state index in [1.165, 1.54) is 12.8 Å². The van der Waals surface area contributed by atoms with E-state index in [-0.39, 0.29) is 24.0 Å². The second kappa shape index (κ2) is 8.31. The van der Waals surface area contributed by atoms with E-state index in [2.05, 4.69) is 20.6 Å². The maximum atomic E-state index is 10.00. The first-order valence-electron chi connectivity index (χ1n) is 6.42. The zero-order chi connectivity index (χ0) is 12.8. The summed E-state index contributed by atoms with van der Waals surface area (Å²) < 4.78 is 0. The van der Waals surface area contributed by atoms with Crippen molar-refractivity contribution in [2.24, 2.45) is 4.99 Å². The normalized spacial score (nSPS) is 16.4. The van der Waals surface area contributed by atoms with Crippen molar-refractivity contribution in [1.29, 1.82) is 0 Å². The third-order valence-electron chi connectivity index (χ3n) is 2.78. The topological polar surface area (TPSA) is 69.5 Å². The minimum Gasteiger partial charge on any atom is -0.386 e. The highest BCUT2D eigenvalue weighted by Gasteiger charge is 2.22. The van der Waals surface area contributed by atoms with Gasteiger partial charge in [0.2, 0.25) is 0 Å². The molecule has 0 aromatic carbocycles. The molecule has 6 heteroatoms. The van der Waals surface area contributed by atoms with Gasteiger partial charge in [0.05, 0.1) is 12.6 Å². The van der Waals surface area contributed by atoms with Crippen LogP contribution in [0.1, 0.15) is 31.4 Å². The quantitative estimate of drug-likeness (QED) is 0.414. The van der Waals surface area contributed by atoms with Gasteiger partial charge in [-0.15, -0.1) is 24.0 Å². The maximum absolute atomic E-state index is 10.00. The molecular weight excluding hydrogens is 355 g/mol. The number of aliphatic hydroxyl groups is 1. The van der Waals surface area contributed by atoms with Crippen molar-refractivity contribution < 1.29 is 5.11 Å². The van der Waals surface area contributed by atoms with E-state index in [9.17, 15) is 5.11 Å². The Balaban J connectivity index is 0.00000180. The molecule has 1 saturated carbocycles. The Hall–Kier alpha value is -0.890. The number of aromatic nitrogens is 1. The van der Waals surface area contributed by atoms with Gasteiger partial charge in [-0.25, -0.2) is 0 Å². The number of nitrogens with zero attached hydrogens (tertiary/aromatic N) is 2. The van der Waals surface area contributed by atoms with Crippen LogP contribution in [0.4, 0.5) is 0 Å². The number of hydrogen-bond donors (Lipinski definition) is 3. The van der Waals surface area contributed by atoms with E-state index in [1.807, 2.05) is 6.92 Å². The molecule has 106 valence electrons. The molecule has 0 saturated heterocycles. The molecule has 1 aliphatic rings. The fraction of sp³-hybridized carbons (Fsp3) is 0.538. The number of pyridine rings is 1. The van der Waals surface area contributed by atoms with Crippen molar-refractivity contribution in [3.8, 4) is 0 Å². The van der Waals surface area contributed by atoms with E-state index >= 15 is 0 Å². The molecule has 0 amide bonds. The number of aliphatic hydroxyl groups excluding tert-OH is 1. The molecule has 1 heterocycles. The van der Waals surface area contributed by atoms with Gasteiger partial charge in [-0.3, -0.25) is 9.98 Å². The summed E-state index contributed by atoms with van der Waals surface area (Å²) in [6.07, 6.45) is 5.18. The number of hydrogen-bond acceptors (Lipinski definition) is 3. The Labute approximate surface area is 130 Å². The summed E-state index contributed by atoms with van der Waals surface area (Å²) in [6, 6.07) is 4.17. The van der Waals surface area contributed by atoms with Crippen molar-refractivity contribution >= 4 is 29.9 Å². The van der Waals surface area contributed by atoms with Crippen LogP contribution in [0.25, 0.3) is 0 Å². The predicted octanol–water partition coefficient (Wildman–Crippen LogP) is 1.45. The smallest absolute Gasteiger partial charge is 0.191 e. The van der Waals surface area contributed by atoms with Gasteiger partial charge in [-0.2, -0.15) is 0 Å². The van der Waals surface area contributed by atoms with Gasteiger partial charge < -0.3 is 15.7 Å². The molecule has 1 aromatic heterocycles. The molecular formula is C13H21IN4O. The summed E-state index contributed by atoms with van der Waals surface area (Å²) in [5, 5.41) is 16.5. The third-order valence-corrected chi connectivity index (χ3v) is 2.78. The van der Waals surface area contributed by atoms with Crippen LogP contribution in [0.5, 0.6) is 0 Å². The standard InChI is InChI=1S/C13H20N4O.HI/c1-2-15-13(17-11-3-4-11)16-9-12(18)10-5-7-14-8-6-10;/h5-8,11-12,18H,2-4,9H2,1H3,(H2,15,16,17);1H. The molecule has 1 unspecified atom stereocenters. The number of guanidine groups is 1. The molecule has 5 nitrogen and oxygen atoms in total. The van der Waals surface area contributed by atoms with Crippen molar-refractivity contribution in [2.75, 3.05) is 13.1 Å². The van der Waals surface area contributed by atoms with Crippen LogP contribution in [0.2, 0.25) is 0 Å². The minimum atomic E-state index is -0.581. The molecule has 2 rings (SSSR count). The fourth-order valence-electron chi connectivity index (χ4n) is 1.61. The van der Waals surface area contributed by atoms with Gasteiger partial charge in [0.1, 0.15) is 0 Å². The van der Waals surface area contributed by atoms with Crippen molar-refractivity contribution in [3.63, 3.8) is 0 Å². The van der Waals surface area contributed by atoms with Crippen LogP contribution in [-0.2, 0) is 0 Å². The lowest BCUT2D eigenvalue weighted by Crippen LogP contribution is -2.38. The molecule has 19 heavy (non-hydrogen) atoms. The minimum absolute atomic E-state index is 0. The summed E-state index contributed by atoms with van der Waals surface area (Å²) in [6.45, 7) is 3.21. The zero-order valence-electron chi connectivity index (χ0n) is 11.0. The van der Waals surface area contributed by atoms with E-state index in [0.29, 0.717) is 12.6 Å². The molecule has 3 N–H and O–H groups in total. The van der Waals surface area contributed by atoms with Crippen LogP contribution in [0, 0.1) is 0 Å². The third kappa shape index (κ3) is 5.73. The summed E-state index contributed by atoms with van der Waals surface area (Å²) in [7, 11) is 0. The maximum Gasteiger partial charge on any atom is 0.191 e. The van der Waals surface area contributed by atoms with Gasteiger partial charge in [0.15, 0.2) is 5.96 Å². The SMILES string of the molecule is CCNC(=NCC(O)c1ccncc1)NC1CC1.I. The summed E-state index contributed by atoms with van der Waals surface area (Å²) in [5.41, 5.74) is 0.844.